The molecule has 1 heterocycles. The largest absolute Gasteiger partial charge is 0.558 e. The number of aromatic nitrogens is 1. The Labute approximate surface area is 179 Å². The number of hydrogen-bond donors (Lipinski definition) is 1. The van der Waals surface area contributed by atoms with Gasteiger partial charge < -0.3 is 9.74 Å². The zero-order valence-corrected chi connectivity index (χ0v) is 19.5. The summed E-state index contributed by atoms with van der Waals surface area (Å²) in [7, 11) is -1.83. The van der Waals surface area contributed by atoms with Crippen molar-refractivity contribution in [3.05, 3.63) is 63.4 Å². The molecule has 3 nitrogen and oxygen atoms in total. The lowest BCUT2D eigenvalue weighted by Crippen LogP contribution is -2.42. The minimum atomic E-state index is -1.83. The van der Waals surface area contributed by atoms with Crippen molar-refractivity contribution in [2.45, 2.75) is 63.9 Å². The van der Waals surface area contributed by atoms with Gasteiger partial charge in [-0.25, -0.2) is 0 Å². The Kier molecular flexibility index (Phi) is 7.57. The van der Waals surface area contributed by atoms with Crippen molar-refractivity contribution in [2.24, 2.45) is 0 Å². The molecule has 0 aliphatic heterocycles. The molecule has 2 aromatic rings. The van der Waals surface area contributed by atoms with E-state index in [-0.39, 0.29) is 6.10 Å². The molecule has 0 saturated carbocycles. The van der Waals surface area contributed by atoms with Crippen LogP contribution in [-0.2, 0) is 17.3 Å². The Hall–Kier alpha value is -0.913. The van der Waals surface area contributed by atoms with Gasteiger partial charge in [0.15, 0.2) is 0 Å². The number of benzene rings is 1. The van der Waals surface area contributed by atoms with Gasteiger partial charge in [-0.05, 0) is 32.3 Å². The van der Waals surface area contributed by atoms with Gasteiger partial charge in [0.2, 0.25) is 0 Å². The minimum Gasteiger partial charge on any atom is -0.558 e. The SMILES string of the molecule is CC[Si-](CC)(CC)OC(CNC1Cc2ccccc2C1)c1c(Cl)cncc1Cl. The standard InChI is InChI=1S/C22H30Cl2N2OSi/c1-4-28(5-2,6-3)27-21(22-19(23)13-25-14-20(22)24)15-26-18-11-16-9-7-8-10-17(16)12-18/h7-10,13-14,18,21,26H,4-6,11-12,15H2,1-3H3/q-1. The van der Waals surface area contributed by atoms with Crippen molar-refractivity contribution in [2.75, 3.05) is 6.54 Å². The van der Waals surface area contributed by atoms with Gasteiger partial charge in [-0.15, -0.1) is 18.1 Å². The third-order valence-electron chi connectivity index (χ3n) is 6.18. The summed E-state index contributed by atoms with van der Waals surface area (Å²) in [4.78, 5) is 4.12. The van der Waals surface area contributed by atoms with Gasteiger partial charge in [-0.3, -0.25) is 4.98 Å². The number of fused-ring (bicyclic) bond motifs is 1. The maximum absolute atomic E-state index is 6.85. The molecule has 1 N–H and O–H groups in total. The van der Waals surface area contributed by atoms with Crippen LogP contribution in [0.5, 0.6) is 0 Å². The highest BCUT2D eigenvalue weighted by atomic mass is 35.5. The summed E-state index contributed by atoms with van der Waals surface area (Å²) < 4.78 is 6.85. The Bertz CT molecular complexity index is 744. The smallest absolute Gasteiger partial charge is 0.0661 e. The van der Waals surface area contributed by atoms with E-state index in [9.17, 15) is 0 Å². The summed E-state index contributed by atoms with van der Waals surface area (Å²) in [5, 5.41) is 4.90. The molecule has 6 heteroatoms. The zero-order valence-electron chi connectivity index (χ0n) is 17.0. The van der Waals surface area contributed by atoms with Crippen LogP contribution in [0.25, 0.3) is 0 Å². The number of pyridine rings is 1. The summed E-state index contributed by atoms with van der Waals surface area (Å²) in [5.74, 6) is 0. The van der Waals surface area contributed by atoms with Crippen LogP contribution in [0, 0.1) is 0 Å². The van der Waals surface area contributed by atoms with Gasteiger partial charge in [0, 0.05) is 30.5 Å². The first-order chi connectivity index (χ1) is 13.5. The van der Waals surface area contributed by atoms with E-state index in [0.717, 1.165) is 36.5 Å². The third-order valence-corrected chi connectivity index (χ3v) is 11.4. The van der Waals surface area contributed by atoms with Crippen molar-refractivity contribution >= 4 is 31.5 Å². The van der Waals surface area contributed by atoms with Crippen molar-refractivity contribution in [3.63, 3.8) is 0 Å². The van der Waals surface area contributed by atoms with Gasteiger partial charge in [0.25, 0.3) is 0 Å². The summed E-state index contributed by atoms with van der Waals surface area (Å²) >= 11 is 13.0. The van der Waals surface area contributed by atoms with Crippen molar-refractivity contribution in [1.29, 1.82) is 0 Å². The summed E-state index contributed by atoms with van der Waals surface area (Å²) in [5.41, 5.74) is 3.75. The van der Waals surface area contributed by atoms with Crippen LogP contribution in [0.15, 0.2) is 36.7 Å². The Morgan fingerprint density at radius 2 is 1.57 bits per heavy atom. The molecule has 28 heavy (non-hydrogen) atoms. The molecule has 1 aromatic carbocycles. The lowest BCUT2D eigenvalue weighted by Gasteiger charge is -2.45. The molecule has 0 radical (unpaired) electrons. The second-order valence-electron chi connectivity index (χ2n) is 7.65. The van der Waals surface area contributed by atoms with Gasteiger partial charge in [-0.2, -0.15) is 0 Å². The molecule has 0 amide bonds. The van der Waals surface area contributed by atoms with Crippen LogP contribution in [-0.4, -0.2) is 25.9 Å². The second kappa shape index (κ2) is 9.73. The highest BCUT2D eigenvalue weighted by Crippen LogP contribution is 2.36. The number of nitrogens with one attached hydrogen (secondary N) is 1. The highest BCUT2D eigenvalue weighted by molar-refractivity contribution is 6.73. The van der Waals surface area contributed by atoms with Gasteiger partial charge in [0.1, 0.15) is 0 Å². The predicted octanol–water partition coefficient (Wildman–Crippen LogP) is 6.21. The first-order valence-electron chi connectivity index (χ1n) is 10.3. The van der Waals surface area contributed by atoms with E-state index in [1.165, 1.54) is 11.1 Å². The van der Waals surface area contributed by atoms with E-state index in [1.54, 1.807) is 12.4 Å². The van der Waals surface area contributed by atoms with Crippen LogP contribution in [0.2, 0.25) is 28.2 Å². The lowest BCUT2D eigenvalue weighted by atomic mass is 10.1. The molecule has 1 atom stereocenters. The zero-order chi connectivity index (χ0) is 20.1. The molecule has 1 aliphatic rings. The van der Waals surface area contributed by atoms with Crippen molar-refractivity contribution < 1.29 is 4.43 Å². The molecule has 3 rings (SSSR count). The number of halogens is 2. The predicted molar refractivity (Wildman–Crippen MR) is 121 cm³/mol. The molecule has 0 spiro atoms. The van der Waals surface area contributed by atoms with Crippen LogP contribution in [0.4, 0.5) is 0 Å². The van der Waals surface area contributed by atoms with Gasteiger partial charge in [-0.1, -0.05) is 68.2 Å². The van der Waals surface area contributed by atoms with Crippen molar-refractivity contribution in [1.82, 2.24) is 10.3 Å². The molecule has 0 fully saturated rings. The topological polar surface area (TPSA) is 34.1 Å². The summed E-state index contributed by atoms with van der Waals surface area (Å²) in [6, 6.07) is 12.4. The van der Waals surface area contributed by atoms with Gasteiger partial charge >= 0.3 is 0 Å². The summed E-state index contributed by atoms with van der Waals surface area (Å²) in [6.45, 7) is 7.43. The molecule has 0 bridgehead atoms. The number of hydrogen-bond acceptors (Lipinski definition) is 3. The molecule has 0 saturated heterocycles. The van der Waals surface area contributed by atoms with E-state index in [0.29, 0.717) is 22.6 Å². The normalized spacial score (nSPS) is 15.6. The average Bonchev–Trinajstić information content (AvgIpc) is 3.12. The van der Waals surface area contributed by atoms with Crippen LogP contribution in [0.3, 0.4) is 0 Å². The summed E-state index contributed by atoms with van der Waals surface area (Å²) in [6.07, 6.45) is 5.28. The van der Waals surface area contributed by atoms with E-state index in [2.05, 4.69) is 55.3 Å². The second-order valence-corrected chi connectivity index (χ2v) is 13.2. The molecule has 1 aliphatic carbocycles. The Balaban J connectivity index is 1.79. The minimum absolute atomic E-state index is 0.154. The molecular formula is C22H30Cl2N2OSi-. The van der Waals surface area contributed by atoms with Crippen LogP contribution in [0.1, 0.15) is 43.6 Å². The lowest BCUT2D eigenvalue weighted by molar-refractivity contribution is 0.181. The quantitative estimate of drug-likeness (QED) is 0.474. The maximum atomic E-state index is 6.85. The monoisotopic (exact) mass is 436 g/mol. The van der Waals surface area contributed by atoms with E-state index < -0.39 is 8.32 Å². The molecule has 153 valence electrons. The number of nitrogens with zero attached hydrogens (tertiary/aromatic N) is 1. The average molecular weight is 437 g/mol. The third kappa shape index (κ3) is 4.80. The molecule has 1 aromatic heterocycles. The Morgan fingerprint density at radius 1 is 1.04 bits per heavy atom. The Morgan fingerprint density at radius 3 is 2.07 bits per heavy atom. The van der Waals surface area contributed by atoms with Gasteiger partial charge in [0.05, 0.1) is 16.1 Å². The first kappa shape index (κ1) is 21.8. The van der Waals surface area contributed by atoms with Crippen LogP contribution < -0.4 is 5.32 Å². The highest BCUT2D eigenvalue weighted by Gasteiger charge is 2.27. The van der Waals surface area contributed by atoms with E-state index >= 15 is 0 Å². The van der Waals surface area contributed by atoms with Crippen LogP contribution >= 0.6 is 23.2 Å². The first-order valence-corrected chi connectivity index (χ1v) is 13.6. The molecule has 1 unspecified atom stereocenters. The molecular weight excluding hydrogens is 407 g/mol. The van der Waals surface area contributed by atoms with Crippen molar-refractivity contribution in [3.8, 4) is 0 Å². The fraction of sp³-hybridized carbons (Fsp3) is 0.500. The van der Waals surface area contributed by atoms with E-state index in [4.69, 9.17) is 27.6 Å². The van der Waals surface area contributed by atoms with E-state index in [1.807, 2.05) is 0 Å². The number of rotatable bonds is 9. The fourth-order valence-electron chi connectivity index (χ4n) is 4.21. The maximum Gasteiger partial charge on any atom is 0.0661 e. The fourth-order valence-corrected chi connectivity index (χ4v) is 7.62.